The monoisotopic (exact) mass is 1050 g/mol. The molecule has 0 aliphatic heterocycles. The molecule has 394 valence electrons. The van der Waals surface area contributed by atoms with E-state index in [1.807, 2.05) is 140 Å². The predicted octanol–water partition coefficient (Wildman–Crippen LogP) is 16.3. The van der Waals surface area contributed by atoms with Crippen molar-refractivity contribution in [2.45, 2.75) is 150 Å². The highest BCUT2D eigenvalue weighted by atomic mass is 35.5. The fourth-order valence-corrected chi connectivity index (χ4v) is 10.2. The molecule has 1 aliphatic carbocycles. The minimum Gasteiger partial charge on any atom is -0.428 e. The Morgan fingerprint density at radius 2 is 0.853 bits per heavy atom. The largest absolute Gasteiger partial charge is 0.514 e. The highest BCUT2D eigenvalue weighted by Crippen LogP contribution is 2.57. The van der Waals surface area contributed by atoms with Crippen LogP contribution in [0.3, 0.4) is 0 Å². The molecule has 0 spiro atoms. The molecule has 0 saturated heterocycles. The zero-order chi connectivity index (χ0) is 55.0. The zero-order valence-electron chi connectivity index (χ0n) is 45.7. The second-order valence-corrected chi connectivity index (χ2v) is 24.4. The van der Waals surface area contributed by atoms with Gasteiger partial charge in [-0.2, -0.15) is 0 Å². The fraction of sp³-hybridized carbons (Fsp3) is 0.365. The van der Waals surface area contributed by atoms with Crippen molar-refractivity contribution in [3.8, 4) is 22.6 Å². The van der Waals surface area contributed by atoms with Gasteiger partial charge in [0, 0.05) is 24.0 Å². The van der Waals surface area contributed by atoms with Crippen LogP contribution in [0.4, 0.5) is 21.0 Å². The lowest BCUT2D eigenvalue weighted by atomic mass is 9.67. The molecule has 0 radical (unpaired) electrons. The third-order valence-electron chi connectivity index (χ3n) is 13.0. The van der Waals surface area contributed by atoms with Crippen LogP contribution in [0.5, 0.6) is 11.5 Å². The first-order valence-corrected chi connectivity index (χ1v) is 26.2. The molecule has 0 bridgehead atoms. The highest BCUT2D eigenvalue weighted by molar-refractivity contribution is 6.34. The third-order valence-corrected chi connectivity index (χ3v) is 13.6. The van der Waals surface area contributed by atoms with Crippen molar-refractivity contribution in [3.63, 3.8) is 0 Å². The summed E-state index contributed by atoms with van der Waals surface area (Å²) in [6, 6.07) is 35.9. The average Bonchev–Trinajstić information content (AvgIpc) is 3.59. The van der Waals surface area contributed by atoms with E-state index in [0.717, 1.165) is 66.8 Å². The van der Waals surface area contributed by atoms with Gasteiger partial charge in [0.25, 0.3) is 0 Å². The van der Waals surface area contributed by atoms with Gasteiger partial charge in [0.05, 0.1) is 26.8 Å². The number of hydrogen-bond acceptors (Lipinski definition) is 8. The second-order valence-electron chi connectivity index (χ2n) is 23.5. The standard InChI is InChI=1S/C63H70Cl2N2O8/c1-37-31-39(33-47(59(3,4)5)55(37)72-57(70)74-61(9,10)11)23-29-53(68)66-51-27-25-41(35-49(51)64)63(45-21-17-15-19-43(45)44-20-16-18-22-46(44)63)42-26-28-52(50(65)36-42)67-54(69)30-24-40-32-38(2)56(48(34-40)60(6,7)8)73-58(71)75-62(12,13)14/h15-22,25-28,31-36H,23-24,29-30H2,1-14H3,(H,66,68)(H,67,69). The maximum Gasteiger partial charge on any atom is 0.514 e. The summed E-state index contributed by atoms with van der Waals surface area (Å²) in [7, 11) is 0. The molecule has 0 heterocycles. The summed E-state index contributed by atoms with van der Waals surface area (Å²) in [6.07, 6.45) is -0.309. The molecule has 75 heavy (non-hydrogen) atoms. The van der Waals surface area contributed by atoms with Crippen LogP contribution in [0.2, 0.25) is 10.0 Å². The Balaban J connectivity index is 1.12. The summed E-state index contributed by atoms with van der Waals surface area (Å²) in [4.78, 5) is 52.8. The van der Waals surface area contributed by atoms with Crippen molar-refractivity contribution in [2.24, 2.45) is 0 Å². The molecule has 6 aromatic rings. The van der Waals surface area contributed by atoms with Crippen molar-refractivity contribution < 1.29 is 38.1 Å². The molecular formula is C63H70Cl2N2O8. The Hall–Kier alpha value is -6.62. The molecule has 2 amide bonds. The molecule has 0 atom stereocenters. The number of nitrogens with one attached hydrogen (secondary N) is 2. The summed E-state index contributed by atoms with van der Waals surface area (Å²) >= 11 is 14.3. The highest BCUT2D eigenvalue weighted by Gasteiger charge is 2.46. The van der Waals surface area contributed by atoms with Crippen molar-refractivity contribution >= 4 is 58.7 Å². The number of hydrogen-bond donors (Lipinski definition) is 2. The topological polar surface area (TPSA) is 129 Å². The normalized spacial score (nSPS) is 13.1. The van der Waals surface area contributed by atoms with E-state index < -0.39 is 28.9 Å². The number of ether oxygens (including phenoxy) is 4. The van der Waals surface area contributed by atoms with E-state index in [0.29, 0.717) is 45.8 Å². The van der Waals surface area contributed by atoms with Gasteiger partial charge in [0.15, 0.2) is 0 Å². The molecular weight excluding hydrogens is 984 g/mol. The van der Waals surface area contributed by atoms with Crippen LogP contribution < -0.4 is 20.1 Å². The SMILES string of the molecule is Cc1cc(CCC(=O)Nc2ccc(C3(c4ccc(NC(=O)CCc5cc(C)c(OC(=O)OC(C)(C)C)c(C(C)(C)C)c5)c(Cl)c4)c4ccccc4-c4ccccc43)cc2Cl)cc(C(C)(C)C)c1OC(=O)OC(C)(C)C. The van der Waals surface area contributed by atoms with Gasteiger partial charge in [-0.25, -0.2) is 9.59 Å². The smallest absolute Gasteiger partial charge is 0.428 e. The molecule has 0 aromatic heterocycles. The Labute approximate surface area is 452 Å². The molecule has 7 rings (SSSR count). The number of amides is 2. The number of fused-ring (bicyclic) bond motifs is 3. The van der Waals surface area contributed by atoms with Crippen molar-refractivity contribution in [3.05, 3.63) is 175 Å². The zero-order valence-corrected chi connectivity index (χ0v) is 47.3. The first-order chi connectivity index (χ1) is 34.9. The fourth-order valence-electron chi connectivity index (χ4n) is 9.74. The summed E-state index contributed by atoms with van der Waals surface area (Å²) in [5.74, 6) is 0.492. The van der Waals surface area contributed by atoms with Crippen LogP contribution in [0.25, 0.3) is 11.1 Å². The molecule has 0 saturated carbocycles. The van der Waals surface area contributed by atoms with Gasteiger partial charge >= 0.3 is 12.3 Å². The van der Waals surface area contributed by atoms with Gasteiger partial charge in [-0.3, -0.25) is 9.59 Å². The van der Waals surface area contributed by atoms with E-state index in [-0.39, 0.29) is 35.5 Å². The van der Waals surface area contributed by atoms with Gasteiger partial charge in [-0.05, 0) is 159 Å². The second kappa shape index (κ2) is 21.5. The van der Waals surface area contributed by atoms with Crippen LogP contribution in [0.1, 0.15) is 152 Å². The van der Waals surface area contributed by atoms with Crippen LogP contribution >= 0.6 is 23.2 Å². The van der Waals surface area contributed by atoms with Gasteiger partial charge in [0.2, 0.25) is 11.8 Å². The van der Waals surface area contributed by atoms with E-state index >= 15 is 0 Å². The Morgan fingerprint density at radius 1 is 0.493 bits per heavy atom. The van der Waals surface area contributed by atoms with Crippen LogP contribution in [-0.2, 0) is 48.1 Å². The number of aryl methyl sites for hydroxylation is 4. The minimum atomic E-state index is -0.879. The maximum absolute atomic E-state index is 13.7. The minimum absolute atomic E-state index is 0.178. The summed E-state index contributed by atoms with van der Waals surface area (Å²) in [6.45, 7) is 26.8. The lowest BCUT2D eigenvalue weighted by Crippen LogP contribution is -2.29. The third kappa shape index (κ3) is 12.9. The number of anilines is 2. The number of carbonyl (C=O) groups excluding carboxylic acids is 4. The van der Waals surface area contributed by atoms with E-state index in [4.69, 9.17) is 42.1 Å². The molecule has 1 aliphatic rings. The Kier molecular flexibility index (Phi) is 16.1. The van der Waals surface area contributed by atoms with Crippen LogP contribution in [0.15, 0.2) is 109 Å². The van der Waals surface area contributed by atoms with Crippen LogP contribution in [-0.4, -0.2) is 35.3 Å². The van der Waals surface area contributed by atoms with Gasteiger partial charge in [-0.15, -0.1) is 0 Å². The number of rotatable bonds is 12. The summed E-state index contributed by atoms with van der Waals surface area (Å²) < 4.78 is 22.4. The van der Waals surface area contributed by atoms with E-state index in [2.05, 4.69) is 34.9 Å². The van der Waals surface area contributed by atoms with E-state index in [1.54, 1.807) is 41.5 Å². The first kappa shape index (κ1) is 56.1. The molecule has 0 fully saturated rings. The molecule has 6 aromatic carbocycles. The van der Waals surface area contributed by atoms with Crippen molar-refractivity contribution in [2.75, 3.05) is 10.6 Å². The molecule has 2 N–H and O–H groups in total. The average molecular weight is 1050 g/mol. The van der Waals surface area contributed by atoms with Crippen LogP contribution in [0, 0.1) is 13.8 Å². The number of halogens is 2. The maximum atomic E-state index is 13.7. The van der Waals surface area contributed by atoms with Gasteiger partial charge in [0.1, 0.15) is 22.7 Å². The van der Waals surface area contributed by atoms with E-state index in [1.165, 1.54) is 0 Å². The Morgan fingerprint density at radius 3 is 1.19 bits per heavy atom. The summed E-state index contributed by atoms with van der Waals surface area (Å²) in [5.41, 5.74) is 8.90. The predicted molar refractivity (Wildman–Crippen MR) is 301 cm³/mol. The van der Waals surface area contributed by atoms with Gasteiger partial charge < -0.3 is 29.6 Å². The first-order valence-electron chi connectivity index (χ1n) is 25.4. The van der Waals surface area contributed by atoms with Crippen molar-refractivity contribution in [1.82, 2.24) is 0 Å². The molecule has 0 unspecified atom stereocenters. The number of benzene rings is 6. The quantitative estimate of drug-likeness (QED) is 0.0914. The summed E-state index contributed by atoms with van der Waals surface area (Å²) in [5, 5.41) is 6.83. The van der Waals surface area contributed by atoms with Gasteiger partial charge in [-0.1, -0.05) is 150 Å². The molecule has 10 nitrogen and oxygen atoms in total. The lowest BCUT2D eigenvalue weighted by molar-refractivity contribution is -0.117. The van der Waals surface area contributed by atoms with E-state index in [9.17, 15) is 19.2 Å². The van der Waals surface area contributed by atoms with Crippen molar-refractivity contribution in [1.29, 1.82) is 0 Å². The lowest BCUT2D eigenvalue weighted by Gasteiger charge is -2.34. The molecule has 12 heteroatoms. The Bertz CT molecular complexity index is 2970. The number of carbonyl (C=O) groups is 4.